The molecule has 0 unspecified atom stereocenters. The normalized spacial score (nSPS) is 13.5. The van der Waals surface area contributed by atoms with E-state index in [-0.39, 0.29) is 12.0 Å². The van der Waals surface area contributed by atoms with E-state index in [9.17, 15) is 4.79 Å². The molecule has 3 nitrogen and oxygen atoms in total. The number of allylic oxidation sites excluding steroid dienone is 5. The summed E-state index contributed by atoms with van der Waals surface area (Å²) >= 11 is 1.75. The number of carbonyl (C=O) groups is 1. The minimum absolute atomic E-state index is 0.171. The molecule has 1 atom stereocenters. The molecule has 4 heteroatoms. The summed E-state index contributed by atoms with van der Waals surface area (Å²) in [6, 6.07) is -0.210. The van der Waals surface area contributed by atoms with Crippen molar-refractivity contribution in [2.45, 2.75) is 65.8 Å². The lowest BCUT2D eigenvalue weighted by atomic mass is 10.1. The molecular weight excluding hydrogens is 330 g/mol. The molecule has 0 saturated heterocycles. The maximum atomic E-state index is 11.7. The molecular formula is C21H37NO2S. The quantitative estimate of drug-likeness (QED) is 0.354. The molecule has 0 radical (unpaired) electrons. The Bertz CT molecular complexity index is 463. The van der Waals surface area contributed by atoms with Gasteiger partial charge in [0.1, 0.15) is 6.04 Å². The lowest BCUT2D eigenvalue weighted by Crippen LogP contribution is -2.38. The molecule has 0 spiro atoms. The van der Waals surface area contributed by atoms with E-state index in [1.54, 1.807) is 11.8 Å². The second-order valence-corrected chi connectivity index (χ2v) is 7.71. The molecule has 0 aromatic heterocycles. The Morgan fingerprint density at radius 3 is 2.20 bits per heavy atom. The van der Waals surface area contributed by atoms with E-state index < -0.39 is 0 Å². The summed E-state index contributed by atoms with van der Waals surface area (Å²) in [5, 5.41) is 3.29. The first-order valence-electron chi connectivity index (χ1n) is 9.15. The number of thioether (sulfide) groups is 1. The Morgan fingerprint density at radius 2 is 1.64 bits per heavy atom. The van der Waals surface area contributed by atoms with Crippen LogP contribution in [0.5, 0.6) is 0 Å². The number of rotatable bonds is 13. The Kier molecular flexibility index (Phi) is 14.7. The summed E-state index contributed by atoms with van der Waals surface area (Å²) in [4.78, 5) is 11.7. The molecule has 0 saturated carbocycles. The number of nitrogens with one attached hydrogen (secondary N) is 1. The van der Waals surface area contributed by atoms with Crippen molar-refractivity contribution in [2.75, 3.05) is 25.7 Å². The van der Waals surface area contributed by atoms with Crippen molar-refractivity contribution >= 4 is 17.7 Å². The molecule has 25 heavy (non-hydrogen) atoms. The minimum atomic E-state index is -0.210. The van der Waals surface area contributed by atoms with Crippen molar-refractivity contribution in [3.63, 3.8) is 0 Å². The van der Waals surface area contributed by atoms with Gasteiger partial charge >= 0.3 is 5.97 Å². The maximum absolute atomic E-state index is 11.7. The molecule has 0 rings (SSSR count). The van der Waals surface area contributed by atoms with E-state index >= 15 is 0 Å². The van der Waals surface area contributed by atoms with E-state index in [1.165, 1.54) is 23.8 Å². The predicted octanol–water partition coefficient (Wildman–Crippen LogP) is 5.29. The van der Waals surface area contributed by atoms with Gasteiger partial charge in [0.2, 0.25) is 0 Å². The fourth-order valence-electron chi connectivity index (χ4n) is 2.40. The van der Waals surface area contributed by atoms with Gasteiger partial charge in [0.15, 0.2) is 0 Å². The smallest absolute Gasteiger partial charge is 0.322 e. The van der Waals surface area contributed by atoms with E-state index in [1.807, 2.05) is 6.26 Å². The predicted molar refractivity (Wildman–Crippen MR) is 112 cm³/mol. The van der Waals surface area contributed by atoms with E-state index in [2.05, 4.69) is 51.2 Å². The number of carbonyl (C=O) groups excluding carboxylic acids is 1. The van der Waals surface area contributed by atoms with Crippen LogP contribution in [0.3, 0.4) is 0 Å². The first-order chi connectivity index (χ1) is 11.9. The third-order valence-corrected chi connectivity index (χ3v) is 4.68. The lowest BCUT2D eigenvalue weighted by Gasteiger charge is -2.15. The van der Waals surface area contributed by atoms with Crippen molar-refractivity contribution in [3.05, 3.63) is 34.9 Å². The van der Waals surface area contributed by atoms with Crippen LogP contribution in [0.4, 0.5) is 0 Å². The average molecular weight is 368 g/mol. The molecule has 0 aromatic carbocycles. The van der Waals surface area contributed by atoms with Crippen molar-refractivity contribution in [1.29, 1.82) is 0 Å². The van der Waals surface area contributed by atoms with Crippen LogP contribution in [0.1, 0.15) is 59.8 Å². The van der Waals surface area contributed by atoms with Gasteiger partial charge < -0.3 is 10.1 Å². The van der Waals surface area contributed by atoms with Crippen LogP contribution >= 0.6 is 11.8 Å². The number of hydrogen-bond acceptors (Lipinski definition) is 4. The fourth-order valence-corrected chi connectivity index (χ4v) is 2.87. The Hall–Kier alpha value is -1.00. The second kappa shape index (κ2) is 15.3. The third kappa shape index (κ3) is 13.9. The van der Waals surface area contributed by atoms with Gasteiger partial charge in [-0.1, -0.05) is 34.9 Å². The second-order valence-electron chi connectivity index (χ2n) is 6.73. The Morgan fingerprint density at radius 1 is 1.04 bits per heavy atom. The summed E-state index contributed by atoms with van der Waals surface area (Å²) in [5.74, 6) is 0.779. The van der Waals surface area contributed by atoms with E-state index in [4.69, 9.17) is 4.74 Å². The lowest BCUT2D eigenvalue weighted by molar-refractivity contribution is -0.143. The van der Waals surface area contributed by atoms with Crippen molar-refractivity contribution < 1.29 is 9.53 Å². The highest BCUT2D eigenvalue weighted by molar-refractivity contribution is 7.98. The van der Waals surface area contributed by atoms with Crippen LogP contribution in [0.2, 0.25) is 0 Å². The van der Waals surface area contributed by atoms with Crippen molar-refractivity contribution in [2.24, 2.45) is 0 Å². The van der Waals surface area contributed by atoms with Gasteiger partial charge in [-0.2, -0.15) is 11.8 Å². The number of esters is 1. The standard InChI is InChI=1S/C21H37NO2S/c1-17(2)9-7-10-18(3)11-8-12-19(4)13-15-22-20(14-16-25-6)21(23)24-5/h9,11,13,20,22H,7-8,10,12,14-16H2,1-6H3/b18-11+,19-13+/t20-/m0/s1. The number of ether oxygens (including phenoxy) is 1. The molecule has 0 bridgehead atoms. The maximum Gasteiger partial charge on any atom is 0.322 e. The van der Waals surface area contributed by atoms with Gasteiger partial charge in [0.05, 0.1) is 7.11 Å². The first-order valence-corrected chi connectivity index (χ1v) is 10.5. The number of hydrogen-bond donors (Lipinski definition) is 1. The molecule has 0 heterocycles. The van der Waals surface area contributed by atoms with Crippen LogP contribution in [-0.4, -0.2) is 37.7 Å². The minimum Gasteiger partial charge on any atom is -0.468 e. The Balaban J connectivity index is 4.18. The molecule has 0 amide bonds. The summed E-state index contributed by atoms with van der Waals surface area (Å²) in [5.41, 5.74) is 4.21. The zero-order chi connectivity index (χ0) is 19.1. The van der Waals surface area contributed by atoms with Crippen LogP contribution in [0.15, 0.2) is 34.9 Å². The van der Waals surface area contributed by atoms with Crippen LogP contribution < -0.4 is 5.32 Å². The third-order valence-electron chi connectivity index (χ3n) is 4.03. The largest absolute Gasteiger partial charge is 0.468 e. The fraction of sp³-hybridized carbons (Fsp3) is 0.667. The van der Waals surface area contributed by atoms with Gasteiger partial charge in [-0.3, -0.25) is 4.79 Å². The summed E-state index contributed by atoms with van der Waals surface area (Å²) in [7, 11) is 1.45. The topological polar surface area (TPSA) is 38.3 Å². The van der Waals surface area contributed by atoms with Gasteiger partial charge in [-0.15, -0.1) is 0 Å². The van der Waals surface area contributed by atoms with Crippen molar-refractivity contribution in [1.82, 2.24) is 5.32 Å². The summed E-state index contributed by atoms with van der Waals surface area (Å²) in [6.07, 6.45) is 14.1. The van der Waals surface area contributed by atoms with Crippen molar-refractivity contribution in [3.8, 4) is 0 Å². The van der Waals surface area contributed by atoms with E-state index in [0.29, 0.717) is 6.54 Å². The molecule has 0 aliphatic heterocycles. The summed E-state index contributed by atoms with van der Waals surface area (Å²) < 4.78 is 4.86. The number of methoxy groups -OCH3 is 1. The molecule has 0 aliphatic rings. The van der Waals surface area contributed by atoms with Gasteiger partial charge in [-0.05, 0) is 71.8 Å². The molecule has 144 valence electrons. The molecule has 1 N–H and O–H groups in total. The summed E-state index contributed by atoms with van der Waals surface area (Å²) in [6.45, 7) is 9.37. The monoisotopic (exact) mass is 367 g/mol. The highest BCUT2D eigenvalue weighted by Crippen LogP contribution is 2.11. The zero-order valence-corrected chi connectivity index (χ0v) is 17.8. The zero-order valence-electron chi connectivity index (χ0n) is 17.0. The molecule has 0 aromatic rings. The van der Waals surface area contributed by atoms with Crippen LogP contribution in [0.25, 0.3) is 0 Å². The average Bonchev–Trinajstić information content (AvgIpc) is 2.56. The van der Waals surface area contributed by atoms with E-state index in [0.717, 1.165) is 37.9 Å². The highest BCUT2D eigenvalue weighted by atomic mass is 32.2. The first kappa shape index (κ1) is 24.0. The van der Waals surface area contributed by atoms with Crippen LogP contribution in [-0.2, 0) is 9.53 Å². The molecule has 0 aliphatic carbocycles. The Labute approximate surface area is 159 Å². The van der Waals surface area contributed by atoms with Gasteiger partial charge in [-0.25, -0.2) is 0 Å². The van der Waals surface area contributed by atoms with Gasteiger partial charge in [0, 0.05) is 6.54 Å². The van der Waals surface area contributed by atoms with Gasteiger partial charge in [0.25, 0.3) is 0 Å². The molecule has 0 fully saturated rings. The SMILES string of the molecule is COC(=O)[C@H](CCSC)NC/C=C(\C)CC/C=C(\C)CCC=C(C)C. The van der Waals surface area contributed by atoms with Crippen LogP contribution in [0, 0.1) is 0 Å². The highest BCUT2D eigenvalue weighted by Gasteiger charge is 2.16.